The molecule has 5 rings (SSSR count). The molecule has 4 heterocycles. The van der Waals surface area contributed by atoms with E-state index in [9.17, 15) is 13.7 Å². The summed E-state index contributed by atoms with van der Waals surface area (Å²) in [6.45, 7) is 0. The number of hydrogen-bond donors (Lipinski definition) is 1. The highest BCUT2D eigenvalue weighted by Crippen LogP contribution is 2.37. The summed E-state index contributed by atoms with van der Waals surface area (Å²) < 4.78 is 39.1. The molecule has 168 valence electrons. The first-order valence-electron chi connectivity index (χ1n) is 9.73. The first-order valence-corrected chi connectivity index (χ1v) is 13.0. The average Bonchev–Trinajstić information content (AvgIpc) is 3.63. The topological polar surface area (TPSA) is 118 Å². The number of nitriles is 1. The van der Waals surface area contributed by atoms with Crippen molar-refractivity contribution < 1.29 is 17.6 Å². The summed E-state index contributed by atoms with van der Waals surface area (Å²) >= 11 is 2.72. The fourth-order valence-electron chi connectivity index (χ4n) is 3.15. The summed E-state index contributed by atoms with van der Waals surface area (Å²) in [7, 11) is -3.91. The van der Waals surface area contributed by atoms with Gasteiger partial charge in [0.2, 0.25) is 0 Å². The molecular weight excluding hydrogens is 492 g/mol. The van der Waals surface area contributed by atoms with Gasteiger partial charge in [0.15, 0.2) is 10.9 Å². The summed E-state index contributed by atoms with van der Waals surface area (Å²) in [4.78, 5) is 8.35. The van der Waals surface area contributed by atoms with Crippen molar-refractivity contribution >= 4 is 37.8 Å². The summed E-state index contributed by atoms with van der Waals surface area (Å²) in [5, 5.41) is 15.5. The molecule has 0 fully saturated rings. The largest absolute Gasteiger partial charge is 0.472 e. The Morgan fingerprint density at radius 1 is 1.06 bits per heavy atom. The van der Waals surface area contributed by atoms with Crippen molar-refractivity contribution in [3.05, 3.63) is 83.0 Å². The van der Waals surface area contributed by atoms with Crippen molar-refractivity contribution in [3.63, 3.8) is 0 Å². The van der Waals surface area contributed by atoms with E-state index in [0.29, 0.717) is 5.75 Å². The number of benzene rings is 1. The number of pyridine rings is 1. The number of thiophene rings is 1. The number of nitrogens with one attached hydrogen (secondary N) is 1. The second-order valence-corrected chi connectivity index (χ2v) is 10.3. The maximum Gasteiger partial charge on any atom is 0.263 e. The second-order valence-electron chi connectivity index (χ2n) is 6.90. The minimum Gasteiger partial charge on any atom is -0.472 e. The van der Waals surface area contributed by atoms with Crippen molar-refractivity contribution in [2.75, 3.05) is 4.72 Å². The van der Waals surface area contributed by atoms with Crippen LogP contribution >= 0.6 is 22.7 Å². The van der Waals surface area contributed by atoms with Gasteiger partial charge in [0.05, 0.1) is 34.9 Å². The van der Waals surface area contributed by atoms with Crippen LogP contribution in [0.2, 0.25) is 0 Å². The van der Waals surface area contributed by atoms with Gasteiger partial charge in [-0.3, -0.25) is 9.71 Å². The van der Waals surface area contributed by atoms with Crippen LogP contribution in [0.15, 0.2) is 86.8 Å². The number of nitrogens with zero attached hydrogens (tertiary/aromatic N) is 3. The number of anilines is 1. The smallest absolute Gasteiger partial charge is 0.263 e. The van der Waals surface area contributed by atoms with Gasteiger partial charge < -0.3 is 9.15 Å². The van der Waals surface area contributed by atoms with Crippen LogP contribution in [0.3, 0.4) is 0 Å². The molecule has 4 aromatic heterocycles. The molecule has 8 nitrogen and oxygen atoms in total. The van der Waals surface area contributed by atoms with E-state index in [4.69, 9.17) is 9.15 Å². The fraction of sp³-hybridized carbons (Fsp3) is 0. The van der Waals surface area contributed by atoms with E-state index in [1.807, 2.05) is 29.0 Å². The standard InChI is InChI=1S/C23H14N4O4S3/c24-11-17-9-18(34(28,29)27-23-25-5-8-33-23)1-2-21(17)31-22-12-26-20(16-4-7-32-14-16)10-19(22)15-3-6-30-13-15/h1-10,12-14H,(H,25,27). The molecule has 0 amide bonds. The van der Waals surface area contributed by atoms with Gasteiger partial charge in [0.1, 0.15) is 11.8 Å². The number of rotatable bonds is 7. The molecule has 0 aliphatic rings. The predicted octanol–water partition coefficient (Wildman–Crippen LogP) is 5.99. The Labute approximate surface area is 202 Å². The average molecular weight is 507 g/mol. The summed E-state index contributed by atoms with van der Waals surface area (Å²) in [6, 6.07) is 11.7. The molecule has 0 aliphatic heterocycles. The Bertz CT molecular complexity index is 1570. The van der Waals surface area contributed by atoms with Gasteiger partial charge in [0.25, 0.3) is 10.0 Å². The number of aromatic nitrogens is 2. The molecule has 0 atom stereocenters. The van der Waals surface area contributed by atoms with Crippen molar-refractivity contribution in [2.24, 2.45) is 0 Å². The maximum absolute atomic E-state index is 12.7. The number of hydrogen-bond acceptors (Lipinski definition) is 9. The van der Waals surface area contributed by atoms with E-state index in [-0.39, 0.29) is 21.3 Å². The lowest BCUT2D eigenvalue weighted by Crippen LogP contribution is -2.13. The van der Waals surface area contributed by atoms with Gasteiger partial charge in [-0.1, -0.05) is 0 Å². The van der Waals surface area contributed by atoms with Gasteiger partial charge in [-0.2, -0.15) is 16.6 Å². The highest BCUT2D eigenvalue weighted by molar-refractivity contribution is 7.93. The highest BCUT2D eigenvalue weighted by Gasteiger charge is 2.19. The zero-order chi connectivity index (χ0) is 23.5. The Hall–Kier alpha value is -3.98. The molecular formula is C23H14N4O4S3. The zero-order valence-electron chi connectivity index (χ0n) is 17.2. The number of furan rings is 1. The Morgan fingerprint density at radius 2 is 1.97 bits per heavy atom. The molecule has 0 spiro atoms. The fourth-order valence-corrected chi connectivity index (χ4v) is 5.62. The molecule has 0 saturated heterocycles. The van der Waals surface area contributed by atoms with Crippen LogP contribution in [-0.4, -0.2) is 18.4 Å². The Kier molecular flexibility index (Phi) is 5.85. The van der Waals surface area contributed by atoms with Gasteiger partial charge in [-0.15, -0.1) is 11.3 Å². The van der Waals surface area contributed by atoms with E-state index in [2.05, 4.69) is 14.7 Å². The third kappa shape index (κ3) is 4.42. The third-order valence-electron chi connectivity index (χ3n) is 4.77. The van der Waals surface area contributed by atoms with Crippen LogP contribution in [0.4, 0.5) is 5.13 Å². The van der Waals surface area contributed by atoms with Crippen molar-refractivity contribution in [3.8, 4) is 40.0 Å². The van der Waals surface area contributed by atoms with E-state index in [1.54, 1.807) is 41.5 Å². The third-order valence-corrected chi connectivity index (χ3v) is 7.61. The normalized spacial score (nSPS) is 11.1. The monoisotopic (exact) mass is 506 g/mol. The number of sulfonamides is 1. The zero-order valence-corrected chi connectivity index (χ0v) is 19.7. The molecule has 5 aromatic rings. The van der Waals surface area contributed by atoms with E-state index >= 15 is 0 Å². The molecule has 1 N–H and O–H groups in total. The van der Waals surface area contributed by atoms with Crippen LogP contribution in [0.25, 0.3) is 22.4 Å². The van der Waals surface area contributed by atoms with Crippen LogP contribution < -0.4 is 9.46 Å². The maximum atomic E-state index is 12.7. The van der Waals surface area contributed by atoms with Crippen LogP contribution in [-0.2, 0) is 10.0 Å². The summed E-state index contributed by atoms with van der Waals surface area (Å²) in [5.74, 6) is 0.596. The molecule has 0 unspecified atom stereocenters. The molecule has 0 bridgehead atoms. The summed E-state index contributed by atoms with van der Waals surface area (Å²) in [6.07, 6.45) is 6.21. The molecule has 1 aromatic carbocycles. The lowest BCUT2D eigenvalue weighted by Gasteiger charge is -2.13. The van der Waals surface area contributed by atoms with Crippen molar-refractivity contribution in [1.82, 2.24) is 9.97 Å². The number of thiazole rings is 1. The minimum atomic E-state index is -3.91. The highest BCUT2D eigenvalue weighted by atomic mass is 32.2. The van der Waals surface area contributed by atoms with E-state index in [0.717, 1.165) is 33.7 Å². The lowest BCUT2D eigenvalue weighted by molar-refractivity contribution is 0.480. The van der Waals surface area contributed by atoms with Gasteiger partial charge in [0, 0.05) is 33.6 Å². The molecule has 0 saturated carbocycles. The Morgan fingerprint density at radius 3 is 2.68 bits per heavy atom. The first-order chi connectivity index (χ1) is 16.5. The summed E-state index contributed by atoms with van der Waals surface area (Å²) in [5.41, 5.74) is 3.29. The predicted molar refractivity (Wildman–Crippen MR) is 129 cm³/mol. The molecule has 0 radical (unpaired) electrons. The van der Waals surface area contributed by atoms with Crippen LogP contribution in [0, 0.1) is 11.3 Å². The van der Waals surface area contributed by atoms with Gasteiger partial charge in [-0.05, 0) is 41.8 Å². The quantitative estimate of drug-likeness (QED) is 0.288. The van der Waals surface area contributed by atoms with Gasteiger partial charge >= 0.3 is 0 Å². The lowest BCUT2D eigenvalue weighted by atomic mass is 10.1. The molecule has 11 heteroatoms. The van der Waals surface area contributed by atoms with Crippen LogP contribution in [0.5, 0.6) is 11.5 Å². The first kappa shape index (κ1) is 21.8. The molecule has 0 aliphatic carbocycles. The second kappa shape index (κ2) is 9.11. The number of ether oxygens (including phenoxy) is 1. The van der Waals surface area contributed by atoms with Crippen molar-refractivity contribution in [1.29, 1.82) is 5.26 Å². The van der Waals surface area contributed by atoms with Crippen molar-refractivity contribution in [2.45, 2.75) is 4.90 Å². The van der Waals surface area contributed by atoms with Gasteiger partial charge in [-0.25, -0.2) is 13.4 Å². The van der Waals surface area contributed by atoms with E-state index < -0.39 is 10.0 Å². The minimum absolute atomic E-state index is 0.0575. The Balaban J connectivity index is 1.50. The molecule has 34 heavy (non-hydrogen) atoms. The van der Waals surface area contributed by atoms with Crippen LogP contribution in [0.1, 0.15) is 5.56 Å². The van der Waals surface area contributed by atoms with E-state index in [1.165, 1.54) is 24.4 Å². The SMILES string of the molecule is N#Cc1cc(S(=O)(=O)Nc2nccs2)ccc1Oc1cnc(-c2ccsc2)cc1-c1ccoc1.